The number of rotatable bonds is 1. The Morgan fingerprint density at radius 3 is 2.23 bits per heavy atom. The molecule has 0 aromatic heterocycles. The van der Waals surface area contributed by atoms with Gasteiger partial charge in [0.25, 0.3) is 0 Å². The number of allylic oxidation sites excluding steroid dienone is 8. The molecule has 1 aliphatic carbocycles. The van der Waals surface area contributed by atoms with Gasteiger partial charge in [-0.25, -0.2) is 0 Å². The van der Waals surface area contributed by atoms with Gasteiger partial charge in [0.1, 0.15) is 0 Å². The first-order valence-electron chi connectivity index (χ1n) is 4.89. The molecule has 0 aromatic carbocycles. The molecule has 0 fully saturated rings. The summed E-state index contributed by atoms with van der Waals surface area (Å²) >= 11 is 0. The normalized spacial score (nSPS) is 24.3. The van der Waals surface area contributed by atoms with Gasteiger partial charge in [-0.2, -0.15) is 0 Å². The molecule has 0 atom stereocenters. The fourth-order valence-corrected chi connectivity index (χ4v) is 1.88. The summed E-state index contributed by atoms with van der Waals surface area (Å²) in [6.45, 7) is 8.52. The molecule has 0 heteroatoms. The Morgan fingerprint density at radius 2 is 1.77 bits per heavy atom. The van der Waals surface area contributed by atoms with Crippen molar-refractivity contribution in [2.24, 2.45) is 0 Å². The summed E-state index contributed by atoms with van der Waals surface area (Å²) in [6.07, 6.45) is 9.87. The van der Waals surface area contributed by atoms with Crippen molar-refractivity contribution in [3.63, 3.8) is 0 Å². The summed E-state index contributed by atoms with van der Waals surface area (Å²) in [4.78, 5) is 0. The van der Waals surface area contributed by atoms with E-state index in [2.05, 4.69) is 52.0 Å². The van der Waals surface area contributed by atoms with Gasteiger partial charge in [0.15, 0.2) is 0 Å². The molecule has 0 radical (unpaired) electrons. The molecule has 1 aliphatic rings. The third-order valence-corrected chi connectivity index (χ3v) is 2.52. The largest absolute Gasteiger partial charge is 0.0870 e. The minimum atomic E-state index is 1.12. The van der Waals surface area contributed by atoms with E-state index in [9.17, 15) is 0 Å². The Balaban J connectivity index is 3.13. The maximum absolute atomic E-state index is 2.22. The van der Waals surface area contributed by atoms with E-state index in [1.165, 1.54) is 22.3 Å². The zero-order chi connectivity index (χ0) is 9.84. The average molecular weight is 174 g/mol. The van der Waals surface area contributed by atoms with Gasteiger partial charge in [-0.1, -0.05) is 29.9 Å². The summed E-state index contributed by atoms with van der Waals surface area (Å²) in [7, 11) is 0. The topological polar surface area (TPSA) is 0 Å². The van der Waals surface area contributed by atoms with E-state index < -0.39 is 0 Å². The molecule has 0 nitrogen and oxygen atoms in total. The van der Waals surface area contributed by atoms with Gasteiger partial charge in [-0.3, -0.25) is 0 Å². The smallest absolute Gasteiger partial charge is 0.00579 e. The Morgan fingerprint density at radius 1 is 1.08 bits per heavy atom. The first kappa shape index (κ1) is 10.0. The van der Waals surface area contributed by atoms with Crippen LogP contribution in [0.15, 0.2) is 46.6 Å². The maximum atomic E-state index is 2.22. The molecule has 0 spiro atoms. The Labute approximate surface area is 81.4 Å². The van der Waals surface area contributed by atoms with Crippen LogP contribution in [0.5, 0.6) is 0 Å². The fourth-order valence-electron chi connectivity index (χ4n) is 1.88. The van der Waals surface area contributed by atoms with E-state index in [1.807, 2.05) is 0 Å². The molecule has 70 valence electrons. The van der Waals surface area contributed by atoms with Gasteiger partial charge < -0.3 is 0 Å². The SMILES string of the molecule is C/C=C\C1=C(C)CC(=C/C)/C1=C\C. The maximum Gasteiger partial charge on any atom is -0.00579 e. The molecule has 0 amide bonds. The molecule has 0 saturated heterocycles. The van der Waals surface area contributed by atoms with Crippen molar-refractivity contribution in [2.75, 3.05) is 0 Å². The minimum Gasteiger partial charge on any atom is -0.0870 e. The summed E-state index contributed by atoms with van der Waals surface area (Å²) in [5, 5.41) is 0. The van der Waals surface area contributed by atoms with Crippen LogP contribution in [0.1, 0.15) is 34.1 Å². The molecule has 0 N–H and O–H groups in total. The van der Waals surface area contributed by atoms with Crippen LogP contribution in [-0.2, 0) is 0 Å². The fraction of sp³-hybridized carbons (Fsp3) is 0.385. The van der Waals surface area contributed by atoms with Crippen LogP contribution in [0.3, 0.4) is 0 Å². The van der Waals surface area contributed by atoms with Crippen LogP contribution in [-0.4, -0.2) is 0 Å². The van der Waals surface area contributed by atoms with Crippen LogP contribution in [0.25, 0.3) is 0 Å². The highest BCUT2D eigenvalue weighted by molar-refractivity contribution is 5.60. The van der Waals surface area contributed by atoms with E-state index in [0.29, 0.717) is 0 Å². The molecular formula is C13H18. The predicted molar refractivity (Wildman–Crippen MR) is 59.6 cm³/mol. The van der Waals surface area contributed by atoms with Crippen molar-refractivity contribution in [3.8, 4) is 0 Å². The molecule has 13 heavy (non-hydrogen) atoms. The number of hydrogen-bond donors (Lipinski definition) is 0. The Hall–Kier alpha value is -1.04. The molecular weight excluding hydrogens is 156 g/mol. The zero-order valence-electron chi connectivity index (χ0n) is 9.02. The molecule has 0 aromatic rings. The van der Waals surface area contributed by atoms with Crippen molar-refractivity contribution in [1.82, 2.24) is 0 Å². The highest BCUT2D eigenvalue weighted by Crippen LogP contribution is 2.36. The summed E-state index contributed by atoms with van der Waals surface area (Å²) in [5.74, 6) is 0. The second-order valence-corrected chi connectivity index (χ2v) is 3.39. The van der Waals surface area contributed by atoms with E-state index in [-0.39, 0.29) is 0 Å². The van der Waals surface area contributed by atoms with Gasteiger partial charge in [0, 0.05) is 0 Å². The second kappa shape index (κ2) is 4.27. The lowest BCUT2D eigenvalue weighted by atomic mass is 10.0. The number of hydrogen-bond acceptors (Lipinski definition) is 0. The lowest BCUT2D eigenvalue weighted by molar-refractivity contribution is 1.19. The van der Waals surface area contributed by atoms with Gasteiger partial charge in [0.05, 0.1) is 0 Å². The summed E-state index contributed by atoms with van der Waals surface area (Å²) < 4.78 is 0. The molecule has 0 heterocycles. The summed E-state index contributed by atoms with van der Waals surface area (Å²) in [6, 6.07) is 0. The molecule has 0 bridgehead atoms. The lowest BCUT2D eigenvalue weighted by Gasteiger charge is -2.01. The van der Waals surface area contributed by atoms with Crippen molar-refractivity contribution in [2.45, 2.75) is 34.1 Å². The first-order valence-corrected chi connectivity index (χ1v) is 4.89. The van der Waals surface area contributed by atoms with Crippen molar-refractivity contribution < 1.29 is 0 Å². The van der Waals surface area contributed by atoms with Crippen LogP contribution in [0.2, 0.25) is 0 Å². The second-order valence-electron chi connectivity index (χ2n) is 3.39. The predicted octanol–water partition coefficient (Wildman–Crippen LogP) is 4.18. The molecule has 0 aliphatic heterocycles. The van der Waals surface area contributed by atoms with E-state index in [4.69, 9.17) is 0 Å². The van der Waals surface area contributed by atoms with Crippen molar-refractivity contribution >= 4 is 0 Å². The third kappa shape index (κ3) is 1.82. The van der Waals surface area contributed by atoms with E-state index in [1.54, 1.807) is 0 Å². The van der Waals surface area contributed by atoms with Gasteiger partial charge in [0.2, 0.25) is 0 Å². The lowest BCUT2D eigenvalue weighted by Crippen LogP contribution is -1.82. The van der Waals surface area contributed by atoms with Crippen LogP contribution >= 0.6 is 0 Å². The summed E-state index contributed by atoms with van der Waals surface area (Å²) in [5.41, 5.74) is 5.78. The minimum absolute atomic E-state index is 1.12. The van der Waals surface area contributed by atoms with Crippen molar-refractivity contribution in [1.29, 1.82) is 0 Å². The monoisotopic (exact) mass is 174 g/mol. The molecule has 0 saturated carbocycles. The molecule has 0 unspecified atom stereocenters. The third-order valence-electron chi connectivity index (χ3n) is 2.52. The van der Waals surface area contributed by atoms with Gasteiger partial charge >= 0.3 is 0 Å². The van der Waals surface area contributed by atoms with Crippen LogP contribution < -0.4 is 0 Å². The highest BCUT2D eigenvalue weighted by Gasteiger charge is 2.17. The first-order chi connectivity index (χ1) is 6.24. The quantitative estimate of drug-likeness (QED) is 0.559. The Bertz CT molecular complexity index is 309. The van der Waals surface area contributed by atoms with Crippen LogP contribution in [0.4, 0.5) is 0 Å². The van der Waals surface area contributed by atoms with Crippen molar-refractivity contribution in [3.05, 3.63) is 46.6 Å². The zero-order valence-corrected chi connectivity index (χ0v) is 9.02. The average Bonchev–Trinajstić information content (AvgIpc) is 2.44. The Kier molecular flexibility index (Phi) is 3.30. The van der Waals surface area contributed by atoms with Gasteiger partial charge in [-0.05, 0) is 50.8 Å². The van der Waals surface area contributed by atoms with Gasteiger partial charge in [-0.15, -0.1) is 0 Å². The van der Waals surface area contributed by atoms with E-state index in [0.717, 1.165) is 6.42 Å². The molecule has 1 rings (SSSR count). The standard InChI is InChI=1S/C13H18/c1-5-8-13-10(4)9-11(6-2)12(13)7-3/h5-8H,9H2,1-4H3/b8-5-,11-6-,12-7+. The van der Waals surface area contributed by atoms with E-state index >= 15 is 0 Å². The van der Waals surface area contributed by atoms with Crippen LogP contribution in [0, 0.1) is 0 Å². The highest BCUT2D eigenvalue weighted by atomic mass is 14.2.